The third-order valence-electron chi connectivity index (χ3n) is 5.66. The first-order valence-corrected chi connectivity index (χ1v) is 11.3. The van der Waals surface area contributed by atoms with Crippen molar-refractivity contribution in [3.8, 4) is 17.2 Å². The maximum atomic E-state index is 13.2. The van der Waals surface area contributed by atoms with E-state index in [-0.39, 0.29) is 5.91 Å². The van der Waals surface area contributed by atoms with Gasteiger partial charge in [0.25, 0.3) is 11.8 Å². The lowest BCUT2D eigenvalue weighted by Crippen LogP contribution is -2.50. The van der Waals surface area contributed by atoms with E-state index in [4.69, 9.17) is 25.4 Å². The molecule has 1 aliphatic heterocycles. The Labute approximate surface area is 197 Å². The zero-order valence-corrected chi connectivity index (χ0v) is 20.1. The number of ether oxygens (including phenoxy) is 1. The summed E-state index contributed by atoms with van der Waals surface area (Å²) in [6.45, 7) is 10.6. The second kappa shape index (κ2) is 9.52. The Morgan fingerprint density at radius 3 is 2.55 bits per heavy atom. The summed E-state index contributed by atoms with van der Waals surface area (Å²) in [6, 6.07) is 7.03. The highest BCUT2D eigenvalue weighted by Gasteiger charge is 2.35. The molecule has 1 fully saturated rings. The number of hydrogen-bond acceptors (Lipinski definition) is 8. The molecule has 0 N–H and O–H groups in total. The number of nitrogens with zero attached hydrogens (tertiary/aromatic N) is 5. The van der Waals surface area contributed by atoms with Gasteiger partial charge in [0.1, 0.15) is 17.1 Å². The molecule has 1 saturated heterocycles. The zero-order chi connectivity index (χ0) is 23.6. The van der Waals surface area contributed by atoms with Crippen molar-refractivity contribution >= 4 is 17.5 Å². The minimum Gasteiger partial charge on any atom is -0.478 e. The number of rotatable bonds is 6. The fourth-order valence-electron chi connectivity index (χ4n) is 3.96. The van der Waals surface area contributed by atoms with Crippen LogP contribution >= 0.6 is 11.6 Å². The van der Waals surface area contributed by atoms with E-state index in [9.17, 15) is 4.79 Å². The normalized spacial score (nSPS) is 15.5. The molecule has 0 radical (unpaired) electrons. The van der Waals surface area contributed by atoms with Crippen LogP contribution in [0.1, 0.15) is 37.5 Å². The van der Waals surface area contributed by atoms with E-state index in [2.05, 4.69) is 20.2 Å². The van der Waals surface area contributed by atoms with Gasteiger partial charge in [-0.25, -0.2) is 0 Å². The predicted octanol–water partition coefficient (Wildman–Crippen LogP) is 3.89. The molecule has 0 saturated carbocycles. The van der Waals surface area contributed by atoms with Crippen LogP contribution < -0.4 is 4.74 Å². The third kappa shape index (κ3) is 5.36. The molecule has 1 aromatic carbocycles. The summed E-state index contributed by atoms with van der Waals surface area (Å²) in [4.78, 5) is 21.8. The maximum absolute atomic E-state index is 13.2. The van der Waals surface area contributed by atoms with Gasteiger partial charge in [-0.2, -0.15) is 4.98 Å². The largest absolute Gasteiger partial charge is 0.478 e. The molecule has 0 atom stereocenters. The lowest BCUT2D eigenvalue weighted by atomic mass is 10.1. The molecule has 0 spiro atoms. The first-order valence-electron chi connectivity index (χ1n) is 10.9. The fraction of sp³-hybridized carbons (Fsp3) is 0.478. The van der Waals surface area contributed by atoms with Crippen LogP contribution in [0.2, 0.25) is 5.02 Å². The van der Waals surface area contributed by atoms with Crippen LogP contribution in [0.3, 0.4) is 0 Å². The van der Waals surface area contributed by atoms with Gasteiger partial charge < -0.3 is 18.7 Å². The lowest BCUT2D eigenvalue weighted by molar-refractivity contribution is -0.145. The third-order valence-corrected chi connectivity index (χ3v) is 5.91. The van der Waals surface area contributed by atoms with Crippen LogP contribution in [-0.4, -0.2) is 62.8 Å². The van der Waals surface area contributed by atoms with Gasteiger partial charge >= 0.3 is 0 Å². The van der Waals surface area contributed by atoms with Crippen molar-refractivity contribution in [2.24, 2.45) is 0 Å². The molecule has 1 amide bonds. The molecule has 3 heterocycles. The molecule has 0 bridgehead atoms. The number of carbonyl (C=O) groups excluding carboxylic acids is 1. The number of aromatic nitrogens is 3. The molecule has 9 nitrogen and oxygen atoms in total. The van der Waals surface area contributed by atoms with Gasteiger partial charge in [0.15, 0.2) is 11.4 Å². The first-order chi connectivity index (χ1) is 15.7. The van der Waals surface area contributed by atoms with E-state index in [1.807, 2.05) is 18.7 Å². The molecule has 33 heavy (non-hydrogen) atoms. The van der Waals surface area contributed by atoms with E-state index >= 15 is 0 Å². The number of halogens is 1. The van der Waals surface area contributed by atoms with Gasteiger partial charge in [0, 0.05) is 31.2 Å². The van der Waals surface area contributed by atoms with Crippen LogP contribution in [0.25, 0.3) is 11.5 Å². The van der Waals surface area contributed by atoms with Gasteiger partial charge in [0.05, 0.1) is 12.2 Å². The van der Waals surface area contributed by atoms with Crippen molar-refractivity contribution in [2.45, 2.75) is 46.3 Å². The molecule has 0 aliphatic carbocycles. The second-order valence-corrected chi connectivity index (χ2v) is 9.14. The topological polar surface area (TPSA) is 97.7 Å². The van der Waals surface area contributed by atoms with E-state index in [0.29, 0.717) is 54.4 Å². The molecule has 10 heteroatoms. The maximum Gasteiger partial charge on any atom is 0.266 e. The van der Waals surface area contributed by atoms with Crippen LogP contribution in [0, 0.1) is 13.8 Å². The zero-order valence-electron chi connectivity index (χ0n) is 19.3. The highest BCUT2D eigenvalue weighted by atomic mass is 35.5. The monoisotopic (exact) mass is 473 g/mol. The highest BCUT2D eigenvalue weighted by molar-refractivity contribution is 6.30. The summed E-state index contributed by atoms with van der Waals surface area (Å²) in [6.07, 6.45) is 0.845. The number of aryl methyl sites for hydroxylation is 2. The van der Waals surface area contributed by atoms with Gasteiger partial charge in [-0.05, 0) is 58.4 Å². The van der Waals surface area contributed by atoms with Crippen LogP contribution in [0.4, 0.5) is 0 Å². The van der Waals surface area contributed by atoms with Gasteiger partial charge in [0.2, 0.25) is 0 Å². The number of hydrogen-bond donors (Lipinski definition) is 0. The van der Waals surface area contributed by atoms with Crippen molar-refractivity contribution < 1.29 is 18.6 Å². The molecule has 4 rings (SSSR count). The van der Waals surface area contributed by atoms with E-state index in [1.54, 1.807) is 38.1 Å². The van der Waals surface area contributed by atoms with E-state index < -0.39 is 5.60 Å². The summed E-state index contributed by atoms with van der Waals surface area (Å²) >= 11 is 5.94. The Balaban J connectivity index is 1.35. The standard InChI is InChI=1S/C23H28ClN5O4/c1-15-20(16(2)32-26-15)21-25-19(27-33-21)14-28-10-5-11-29(13-12-28)22(30)23(3,4)31-18-8-6-17(24)7-9-18/h6-9H,5,10-14H2,1-4H3. The summed E-state index contributed by atoms with van der Waals surface area (Å²) in [7, 11) is 0. The summed E-state index contributed by atoms with van der Waals surface area (Å²) in [5.74, 6) is 2.22. The average molecular weight is 474 g/mol. The average Bonchev–Trinajstić information content (AvgIpc) is 3.27. The predicted molar refractivity (Wildman–Crippen MR) is 122 cm³/mol. The Hall–Kier alpha value is -2.91. The molecule has 3 aromatic rings. The summed E-state index contributed by atoms with van der Waals surface area (Å²) in [5, 5.41) is 8.68. The van der Waals surface area contributed by atoms with Crippen molar-refractivity contribution in [3.05, 3.63) is 46.6 Å². The Bertz CT molecular complexity index is 1090. The quantitative estimate of drug-likeness (QED) is 0.531. The Kier molecular flexibility index (Phi) is 6.71. The van der Waals surface area contributed by atoms with Gasteiger partial charge in [-0.15, -0.1) is 0 Å². The van der Waals surface area contributed by atoms with Gasteiger partial charge in [-0.1, -0.05) is 21.9 Å². The van der Waals surface area contributed by atoms with Crippen molar-refractivity contribution in [3.63, 3.8) is 0 Å². The SMILES string of the molecule is Cc1noc(C)c1-c1nc(CN2CCCN(C(=O)C(C)(C)Oc3ccc(Cl)cc3)CC2)no1. The van der Waals surface area contributed by atoms with Crippen LogP contribution in [0.5, 0.6) is 5.75 Å². The second-order valence-electron chi connectivity index (χ2n) is 8.70. The van der Waals surface area contributed by atoms with Crippen LogP contribution in [-0.2, 0) is 11.3 Å². The smallest absolute Gasteiger partial charge is 0.266 e. The molecule has 2 aromatic heterocycles. The van der Waals surface area contributed by atoms with E-state index in [0.717, 1.165) is 24.2 Å². The molecular formula is C23H28ClN5O4. The van der Waals surface area contributed by atoms with Gasteiger partial charge in [-0.3, -0.25) is 9.69 Å². The molecule has 1 aliphatic rings. The van der Waals surface area contributed by atoms with Crippen LogP contribution in [0.15, 0.2) is 33.3 Å². The lowest BCUT2D eigenvalue weighted by Gasteiger charge is -2.31. The number of amides is 1. The number of benzene rings is 1. The highest BCUT2D eigenvalue weighted by Crippen LogP contribution is 2.26. The fourth-order valence-corrected chi connectivity index (χ4v) is 4.09. The summed E-state index contributed by atoms with van der Waals surface area (Å²) < 4.78 is 16.6. The minimum atomic E-state index is -0.986. The van der Waals surface area contributed by atoms with Crippen molar-refractivity contribution in [1.82, 2.24) is 25.1 Å². The van der Waals surface area contributed by atoms with E-state index in [1.165, 1.54) is 0 Å². The van der Waals surface area contributed by atoms with Crippen molar-refractivity contribution in [1.29, 1.82) is 0 Å². The molecule has 0 unspecified atom stereocenters. The minimum absolute atomic E-state index is 0.0421. The Morgan fingerprint density at radius 1 is 1.09 bits per heavy atom. The first kappa shape index (κ1) is 23.3. The molecular weight excluding hydrogens is 446 g/mol. The molecule has 176 valence electrons. The Morgan fingerprint density at radius 2 is 1.85 bits per heavy atom. The summed E-state index contributed by atoms with van der Waals surface area (Å²) in [5.41, 5.74) is 0.472. The number of carbonyl (C=O) groups is 1. The van der Waals surface area contributed by atoms with Crippen molar-refractivity contribution in [2.75, 3.05) is 26.2 Å².